The molecule has 0 saturated carbocycles. The summed E-state index contributed by atoms with van der Waals surface area (Å²) in [6.07, 6.45) is 3.98. The van der Waals surface area contributed by atoms with E-state index in [0.29, 0.717) is 42.5 Å². The lowest BCUT2D eigenvalue weighted by molar-refractivity contribution is -0.133. The molecule has 1 aliphatic heterocycles. The molecule has 202 valence electrons. The molecule has 1 saturated heterocycles. The van der Waals surface area contributed by atoms with E-state index in [9.17, 15) is 18.0 Å². The number of thioether (sulfide) groups is 1. The number of carbonyl (C=O) groups excluding carboxylic acids is 2. The van der Waals surface area contributed by atoms with Gasteiger partial charge in [-0.1, -0.05) is 29.5 Å². The minimum Gasteiger partial charge on any atom is -0.463 e. The van der Waals surface area contributed by atoms with Crippen LogP contribution in [0.1, 0.15) is 18.4 Å². The van der Waals surface area contributed by atoms with E-state index in [-0.39, 0.29) is 35.6 Å². The smallest absolute Gasteiger partial charge is 0.245 e. The van der Waals surface area contributed by atoms with Crippen LogP contribution in [0.2, 0.25) is 0 Å². The Bertz CT molecular complexity index is 1340. The molecule has 1 fully saturated rings. The molecule has 1 aromatic carbocycles. The van der Waals surface area contributed by atoms with Crippen molar-refractivity contribution in [3.05, 3.63) is 60.5 Å². The molecular weight excluding hydrogens is 528 g/mol. The van der Waals surface area contributed by atoms with E-state index in [0.717, 1.165) is 17.3 Å². The summed E-state index contributed by atoms with van der Waals surface area (Å²) < 4.78 is 32.8. The fraction of sp³-hybridized carbons (Fsp3) is 0.360. The summed E-state index contributed by atoms with van der Waals surface area (Å²) in [6, 6.07) is 11.8. The van der Waals surface area contributed by atoms with Crippen LogP contribution in [0.5, 0.6) is 0 Å². The average Bonchev–Trinajstić information content (AvgIpc) is 3.46. The highest BCUT2D eigenvalue weighted by molar-refractivity contribution is 7.99. The lowest BCUT2D eigenvalue weighted by Crippen LogP contribution is -2.63. The van der Waals surface area contributed by atoms with E-state index in [1.807, 2.05) is 6.92 Å². The van der Waals surface area contributed by atoms with Crippen LogP contribution >= 0.6 is 11.8 Å². The maximum atomic E-state index is 13.2. The molecular formula is C25H30N6O5S2. The van der Waals surface area contributed by atoms with E-state index in [2.05, 4.69) is 30.6 Å². The lowest BCUT2D eigenvalue weighted by Gasteiger charge is -2.37. The zero-order valence-electron chi connectivity index (χ0n) is 20.9. The van der Waals surface area contributed by atoms with Crippen molar-refractivity contribution in [1.29, 1.82) is 0 Å². The molecule has 0 spiro atoms. The van der Waals surface area contributed by atoms with Gasteiger partial charge in [0.2, 0.25) is 21.8 Å². The Morgan fingerprint density at radius 3 is 2.58 bits per heavy atom. The Morgan fingerprint density at radius 2 is 1.87 bits per heavy atom. The van der Waals surface area contributed by atoms with E-state index < -0.39 is 15.6 Å². The fourth-order valence-corrected chi connectivity index (χ4v) is 5.66. The summed E-state index contributed by atoms with van der Waals surface area (Å²) in [5, 5.41) is 9.30. The van der Waals surface area contributed by atoms with Gasteiger partial charge in [-0.15, -0.1) is 0 Å². The van der Waals surface area contributed by atoms with Gasteiger partial charge >= 0.3 is 0 Å². The second kappa shape index (κ2) is 12.5. The third-order valence-corrected chi connectivity index (χ3v) is 8.38. The number of furan rings is 1. The van der Waals surface area contributed by atoms with Gasteiger partial charge in [-0.25, -0.2) is 23.1 Å². The van der Waals surface area contributed by atoms with E-state index >= 15 is 0 Å². The van der Waals surface area contributed by atoms with Crippen molar-refractivity contribution < 1.29 is 22.4 Å². The summed E-state index contributed by atoms with van der Waals surface area (Å²) in [4.78, 5) is 34.8. The molecule has 0 bridgehead atoms. The Balaban J connectivity index is 1.30. The quantitative estimate of drug-likeness (QED) is 0.156. The topological polar surface area (TPSA) is 155 Å². The van der Waals surface area contributed by atoms with Crippen LogP contribution in [0, 0.1) is 6.92 Å². The highest BCUT2D eigenvalue weighted by Gasteiger charge is 2.40. The van der Waals surface area contributed by atoms with Crippen LogP contribution in [-0.2, 0) is 19.6 Å². The number of piperidine rings is 1. The number of nitrogens with zero attached hydrogens (tertiary/aromatic N) is 2. The third kappa shape index (κ3) is 7.19. The molecule has 3 aromatic rings. The van der Waals surface area contributed by atoms with Crippen LogP contribution in [0.15, 0.2) is 69.4 Å². The Morgan fingerprint density at radius 1 is 1.11 bits per heavy atom. The van der Waals surface area contributed by atoms with Gasteiger partial charge < -0.3 is 20.4 Å². The Hall–Kier alpha value is -3.26. The molecule has 3 heterocycles. The fourth-order valence-electron chi connectivity index (χ4n) is 4.00. The van der Waals surface area contributed by atoms with Crippen molar-refractivity contribution >= 4 is 33.6 Å². The number of nitrogens with one attached hydrogen (secondary N) is 4. The van der Waals surface area contributed by atoms with Crippen molar-refractivity contribution in [3.63, 3.8) is 0 Å². The maximum absolute atomic E-state index is 13.2. The molecule has 0 aliphatic carbocycles. The SMILES string of the molecule is Cc1ccc(S(=O)(=O)NCCNC(=O)C2(NC(=O)CSc3nccc(-c4ccco4)n3)CCNCC2)cc1. The number of amides is 2. The molecule has 2 amide bonds. The predicted octanol–water partition coefficient (Wildman–Crippen LogP) is 1.47. The summed E-state index contributed by atoms with van der Waals surface area (Å²) >= 11 is 1.16. The van der Waals surface area contributed by atoms with Gasteiger partial charge in [-0.2, -0.15) is 0 Å². The number of rotatable bonds is 11. The highest BCUT2D eigenvalue weighted by Crippen LogP contribution is 2.22. The van der Waals surface area contributed by atoms with E-state index in [4.69, 9.17) is 4.42 Å². The molecule has 4 rings (SSSR count). The second-order valence-corrected chi connectivity index (χ2v) is 11.5. The zero-order chi connectivity index (χ0) is 27.0. The van der Waals surface area contributed by atoms with Crippen molar-refractivity contribution in [2.24, 2.45) is 0 Å². The normalized spacial score (nSPS) is 15.1. The first-order valence-electron chi connectivity index (χ1n) is 12.1. The second-order valence-electron chi connectivity index (χ2n) is 8.84. The van der Waals surface area contributed by atoms with Gasteiger partial charge in [-0.05, 0) is 63.2 Å². The number of carbonyl (C=O) groups is 2. The largest absolute Gasteiger partial charge is 0.463 e. The van der Waals surface area contributed by atoms with Crippen molar-refractivity contribution in [1.82, 2.24) is 30.6 Å². The zero-order valence-corrected chi connectivity index (χ0v) is 22.5. The van der Waals surface area contributed by atoms with Crippen LogP contribution in [0.4, 0.5) is 0 Å². The third-order valence-electron chi connectivity index (χ3n) is 6.04. The van der Waals surface area contributed by atoms with Crippen molar-refractivity contribution in [2.75, 3.05) is 31.9 Å². The van der Waals surface area contributed by atoms with Gasteiger partial charge in [0.1, 0.15) is 11.2 Å². The predicted molar refractivity (Wildman–Crippen MR) is 143 cm³/mol. The molecule has 0 atom stereocenters. The molecule has 38 heavy (non-hydrogen) atoms. The van der Waals surface area contributed by atoms with E-state index in [1.54, 1.807) is 42.8 Å². The monoisotopic (exact) mass is 558 g/mol. The molecule has 0 radical (unpaired) electrons. The summed E-state index contributed by atoms with van der Waals surface area (Å²) in [5.41, 5.74) is 0.481. The van der Waals surface area contributed by atoms with Gasteiger partial charge in [-0.3, -0.25) is 9.59 Å². The van der Waals surface area contributed by atoms with Crippen molar-refractivity contribution in [3.8, 4) is 11.5 Å². The molecule has 4 N–H and O–H groups in total. The van der Waals surface area contributed by atoms with Crippen molar-refractivity contribution in [2.45, 2.75) is 35.4 Å². The Kier molecular flexibility index (Phi) is 9.15. The van der Waals surface area contributed by atoms with Crippen LogP contribution in [-0.4, -0.2) is 67.7 Å². The summed E-state index contributed by atoms with van der Waals surface area (Å²) in [7, 11) is -3.69. The van der Waals surface area contributed by atoms with Gasteiger partial charge in [0, 0.05) is 19.3 Å². The molecule has 0 unspecified atom stereocenters. The first-order chi connectivity index (χ1) is 18.3. The summed E-state index contributed by atoms with van der Waals surface area (Å²) in [6.45, 7) is 3.10. The number of hydrogen-bond acceptors (Lipinski definition) is 9. The standard InChI is InChI=1S/C25H30N6O5S2/c1-18-4-6-19(7-5-18)38(34,35)29-15-14-27-23(33)25(9-12-26-13-10-25)31-22(32)17-37-24-28-11-8-20(30-24)21-3-2-16-36-21/h2-8,11,16,26,29H,9-10,12-15,17H2,1H3,(H,27,33)(H,31,32). The number of benzene rings is 1. The average molecular weight is 559 g/mol. The van der Waals surface area contributed by atoms with E-state index in [1.165, 1.54) is 12.1 Å². The lowest BCUT2D eigenvalue weighted by atomic mass is 9.87. The number of aromatic nitrogens is 2. The van der Waals surface area contributed by atoms with Crippen LogP contribution in [0.25, 0.3) is 11.5 Å². The number of aryl methyl sites for hydroxylation is 1. The highest BCUT2D eigenvalue weighted by atomic mass is 32.2. The van der Waals surface area contributed by atoms with Gasteiger partial charge in [0.05, 0.1) is 16.9 Å². The molecule has 2 aromatic heterocycles. The summed E-state index contributed by atoms with van der Waals surface area (Å²) in [5.74, 6) is -0.0345. The van der Waals surface area contributed by atoms with Gasteiger partial charge in [0.25, 0.3) is 0 Å². The first kappa shape index (κ1) is 27.8. The molecule has 13 heteroatoms. The molecule has 11 nitrogen and oxygen atoms in total. The minimum absolute atomic E-state index is 0.0173. The maximum Gasteiger partial charge on any atom is 0.245 e. The number of hydrogen-bond donors (Lipinski definition) is 4. The van der Waals surface area contributed by atoms with Crippen LogP contribution in [0.3, 0.4) is 0 Å². The van der Waals surface area contributed by atoms with Gasteiger partial charge in [0.15, 0.2) is 10.9 Å². The minimum atomic E-state index is -3.69. The van der Waals surface area contributed by atoms with Crippen LogP contribution < -0.4 is 20.7 Å². The Labute approximate surface area is 225 Å². The first-order valence-corrected chi connectivity index (χ1v) is 14.6. The number of sulfonamides is 1. The molecule has 1 aliphatic rings.